The molecule has 5 nitrogen and oxygen atoms in total. The van der Waals surface area contributed by atoms with Gasteiger partial charge >= 0.3 is 0 Å². The number of aromatic nitrogens is 2. The van der Waals surface area contributed by atoms with Crippen LogP contribution in [0.4, 0.5) is 4.39 Å². The van der Waals surface area contributed by atoms with Crippen molar-refractivity contribution < 1.29 is 9.18 Å². The molecule has 0 aliphatic carbocycles. The predicted octanol–water partition coefficient (Wildman–Crippen LogP) is 3.78. The number of fused-ring (bicyclic) bond motifs is 3. The second-order valence-electron chi connectivity index (χ2n) is 8.50. The Bertz CT molecular complexity index is 1160. The molecule has 0 spiro atoms. The molecule has 0 unspecified atom stereocenters. The van der Waals surface area contributed by atoms with Crippen molar-refractivity contribution in [1.82, 2.24) is 14.7 Å². The Morgan fingerprint density at radius 3 is 2.33 bits per heavy atom. The third kappa shape index (κ3) is 3.20. The summed E-state index contributed by atoms with van der Waals surface area (Å²) >= 11 is 0. The largest absolute Gasteiger partial charge is 0.335 e. The number of rotatable bonds is 3. The van der Waals surface area contributed by atoms with Gasteiger partial charge < -0.3 is 4.90 Å². The Kier molecular flexibility index (Phi) is 4.65. The van der Waals surface area contributed by atoms with E-state index < -0.39 is 0 Å². The van der Waals surface area contributed by atoms with Crippen molar-refractivity contribution in [2.75, 3.05) is 0 Å². The van der Waals surface area contributed by atoms with Crippen LogP contribution in [0.2, 0.25) is 0 Å². The van der Waals surface area contributed by atoms with Gasteiger partial charge in [-0.1, -0.05) is 30.3 Å². The van der Waals surface area contributed by atoms with Crippen LogP contribution in [0, 0.1) is 12.7 Å². The molecule has 1 aromatic heterocycles. The van der Waals surface area contributed by atoms with E-state index in [0.717, 1.165) is 42.3 Å². The number of amides is 1. The number of hydrogen-bond donors (Lipinski definition) is 0. The molecular formula is C24H24FN3O2. The van der Waals surface area contributed by atoms with E-state index in [4.69, 9.17) is 0 Å². The van der Waals surface area contributed by atoms with Gasteiger partial charge in [0.1, 0.15) is 12.4 Å². The minimum Gasteiger partial charge on any atom is -0.335 e. The summed E-state index contributed by atoms with van der Waals surface area (Å²) in [6.45, 7) is 1.83. The molecule has 0 radical (unpaired) electrons. The topological polar surface area (TPSA) is 55.2 Å². The normalized spacial score (nSPS) is 23.1. The lowest BCUT2D eigenvalue weighted by molar-refractivity contribution is -0.136. The monoisotopic (exact) mass is 405 g/mol. The molecule has 3 aromatic rings. The van der Waals surface area contributed by atoms with Crippen molar-refractivity contribution in [1.29, 1.82) is 0 Å². The summed E-state index contributed by atoms with van der Waals surface area (Å²) in [6, 6.07) is 14.5. The van der Waals surface area contributed by atoms with Gasteiger partial charge in [-0.2, -0.15) is 5.10 Å². The summed E-state index contributed by atoms with van der Waals surface area (Å²) in [6.07, 6.45) is 3.72. The maximum atomic E-state index is 13.3. The Hall–Kier alpha value is -3.02. The molecule has 154 valence electrons. The van der Waals surface area contributed by atoms with Crippen LogP contribution in [0.15, 0.2) is 53.3 Å². The number of carbonyl (C=O) groups is 1. The standard InChI is InChI=1S/C24H24FN3O2/c1-15-21-4-2-3-5-22(21)24(30)27(26-15)14-23(29)28-19-10-11-20(28)13-17(12-19)16-6-8-18(25)9-7-16/h2-9,17,19-20H,10-14H2,1H3/t19-,20-/m1/s1. The van der Waals surface area contributed by atoms with Crippen molar-refractivity contribution in [3.63, 3.8) is 0 Å². The average molecular weight is 405 g/mol. The molecule has 0 saturated carbocycles. The number of aryl methyl sites for hydroxylation is 1. The van der Waals surface area contributed by atoms with Crippen molar-refractivity contribution in [2.45, 2.75) is 57.2 Å². The Labute approximate surface area is 174 Å². The molecule has 1 amide bonds. The summed E-state index contributed by atoms with van der Waals surface area (Å²) < 4.78 is 14.6. The number of halogens is 1. The molecule has 3 heterocycles. The molecule has 2 atom stereocenters. The van der Waals surface area contributed by atoms with E-state index in [2.05, 4.69) is 5.10 Å². The van der Waals surface area contributed by atoms with Crippen LogP contribution >= 0.6 is 0 Å². The van der Waals surface area contributed by atoms with Crippen molar-refractivity contribution in [3.8, 4) is 0 Å². The number of nitrogens with zero attached hydrogens (tertiary/aromatic N) is 3. The zero-order valence-electron chi connectivity index (χ0n) is 16.9. The number of carbonyl (C=O) groups excluding carboxylic acids is 1. The summed E-state index contributed by atoms with van der Waals surface area (Å²) in [5, 5.41) is 5.82. The van der Waals surface area contributed by atoms with Crippen molar-refractivity contribution in [2.24, 2.45) is 0 Å². The molecule has 2 saturated heterocycles. The van der Waals surface area contributed by atoms with Crippen LogP contribution in [0.5, 0.6) is 0 Å². The van der Waals surface area contributed by atoms with E-state index in [1.165, 1.54) is 16.8 Å². The first-order valence-corrected chi connectivity index (χ1v) is 10.5. The third-order valence-electron chi connectivity index (χ3n) is 6.70. The lowest BCUT2D eigenvalue weighted by Crippen LogP contribution is -2.48. The SMILES string of the molecule is Cc1nn(CC(=O)N2[C@@H]3CC[C@@H]2CC(c2ccc(F)cc2)C3)c(=O)c2ccccc12. The third-order valence-corrected chi connectivity index (χ3v) is 6.70. The highest BCUT2D eigenvalue weighted by Crippen LogP contribution is 2.43. The molecule has 2 aliphatic rings. The smallest absolute Gasteiger partial charge is 0.275 e. The second-order valence-corrected chi connectivity index (χ2v) is 8.50. The van der Waals surface area contributed by atoms with Gasteiger partial charge in [0, 0.05) is 17.5 Å². The number of benzene rings is 2. The summed E-state index contributed by atoms with van der Waals surface area (Å²) in [4.78, 5) is 28.0. The van der Waals surface area contributed by atoms with Crippen LogP contribution in [0.25, 0.3) is 10.8 Å². The van der Waals surface area contributed by atoms with Gasteiger partial charge in [-0.3, -0.25) is 9.59 Å². The highest BCUT2D eigenvalue weighted by molar-refractivity contribution is 5.84. The molecule has 2 aliphatic heterocycles. The molecule has 30 heavy (non-hydrogen) atoms. The van der Waals surface area contributed by atoms with E-state index >= 15 is 0 Å². The minimum absolute atomic E-state index is 0.0290. The predicted molar refractivity (Wildman–Crippen MR) is 113 cm³/mol. The van der Waals surface area contributed by atoms with E-state index in [-0.39, 0.29) is 35.9 Å². The van der Waals surface area contributed by atoms with Crippen molar-refractivity contribution >= 4 is 16.7 Å². The first-order valence-electron chi connectivity index (χ1n) is 10.5. The van der Waals surface area contributed by atoms with Gasteiger partial charge in [-0.05, 0) is 62.3 Å². The first kappa shape index (κ1) is 19.0. The second kappa shape index (κ2) is 7.35. The van der Waals surface area contributed by atoms with Crippen LogP contribution in [0.3, 0.4) is 0 Å². The molecule has 2 aromatic carbocycles. The molecule has 2 bridgehead atoms. The first-order chi connectivity index (χ1) is 14.5. The highest BCUT2D eigenvalue weighted by Gasteiger charge is 2.43. The fourth-order valence-corrected chi connectivity index (χ4v) is 5.31. The zero-order valence-corrected chi connectivity index (χ0v) is 16.9. The quantitative estimate of drug-likeness (QED) is 0.666. The summed E-state index contributed by atoms with van der Waals surface area (Å²) in [5.74, 6) is 0.0817. The Morgan fingerprint density at radius 1 is 1.03 bits per heavy atom. The summed E-state index contributed by atoms with van der Waals surface area (Å²) in [5.41, 5.74) is 1.66. The molecular weight excluding hydrogens is 381 g/mol. The maximum Gasteiger partial charge on any atom is 0.275 e. The van der Waals surface area contributed by atoms with Crippen molar-refractivity contribution in [3.05, 3.63) is 76.0 Å². The van der Waals surface area contributed by atoms with E-state index in [1.807, 2.05) is 42.2 Å². The fraction of sp³-hybridized carbons (Fsp3) is 0.375. The van der Waals surface area contributed by atoms with Crippen LogP contribution in [-0.4, -0.2) is 32.7 Å². The van der Waals surface area contributed by atoms with Gasteiger partial charge in [0.05, 0.1) is 11.1 Å². The van der Waals surface area contributed by atoms with E-state index in [1.54, 1.807) is 6.07 Å². The van der Waals surface area contributed by atoms with Crippen LogP contribution in [0.1, 0.15) is 42.9 Å². The molecule has 0 N–H and O–H groups in total. The van der Waals surface area contributed by atoms with E-state index in [9.17, 15) is 14.0 Å². The van der Waals surface area contributed by atoms with Crippen LogP contribution < -0.4 is 5.56 Å². The maximum absolute atomic E-state index is 13.3. The average Bonchev–Trinajstić information content (AvgIpc) is 3.02. The molecule has 5 rings (SSSR count). The Morgan fingerprint density at radius 2 is 1.67 bits per heavy atom. The van der Waals surface area contributed by atoms with Gasteiger partial charge in [0.2, 0.25) is 5.91 Å². The fourth-order valence-electron chi connectivity index (χ4n) is 5.31. The molecule has 2 fully saturated rings. The minimum atomic E-state index is -0.224. The lowest BCUT2D eigenvalue weighted by Gasteiger charge is -2.39. The Balaban J connectivity index is 1.37. The van der Waals surface area contributed by atoms with Gasteiger partial charge in [0.25, 0.3) is 5.56 Å². The van der Waals surface area contributed by atoms with Gasteiger partial charge in [0.15, 0.2) is 0 Å². The van der Waals surface area contributed by atoms with Crippen LogP contribution in [-0.2, 0) is 11.3 Å². The number of piperidine rings is 1. The van der Waals surface area contributed by atoms with Gasteiger partial charge in [-0.15, -0.1) is 0 Å². The summed E-state index contributed by atoms with van der Waals surface area (Å²) in [7, 11) is 0. The highest BCUT2D eigenvalue weighted by atomic mass is 19.1. The zero-order chi connectivity index (χ0) is 20.8. The lowest BCUT2D eigenvalue weighted by atomic mass is 9.85. The van der Waals surface area contributed by atoms with Gasteiger partial charge in [-0.25, -0.2) is 9.07 Å². The number of hydrogen-bond acceptors (Lipinski definition) is 3. The molecule has 6 heteroatoms. The van der Waals surface area contributed by atoms with E-state index in [0.29, 0.717) is 11.3 Å².